The topological polar surface area (TPSA) is 85.3 Å². The van der Waals surface area contributed by atoms with Crippen LogP contribution >= 0.6 is 0 Å². The Bertz CT molecular complexity index is 776. The van der Waals surface area contributed by atoms with E-state index in [0.29, 0.717) is 35.3 Å². The highest BCUT2D eigenvalue weighted by Gasteiger charge is 2.15. The minimum absolute atomic E-state index is 0.0732. The third-order valence-corrected chi connectivity index (χ3v) is 2.94. The Balaban J connectivity index is 2.09. The zero-order valence-corrected chi connectivity index (χ0v) is 11.8. The van der Waals surface area contributed by atoms with E-state index < -0.39 is 0 Å². The zero-order valence-electron chi connectivity index (χ0n) is 11.8. The lowest BCUT2D eigenvalue weighted by molar-refractivity contribution is -0.120. The van der Waals surface area contributed by atoms with E-state index in [4.69, 9.17) is 4.42 Å². The van der Waals surface area contributed by atoms with E-state index in [1.165, 1.54) is 0 Å². The Kier molecular flexibility index (Phi) is 3.39. The van der Waals surface area contributed by atoms with Gasteiger partial charge in [0.1, 0.15) is 5.82 Å². The lowest BCUT2D eigenvalue weighted by Gasteiger charge is -2.05. The molecule has 0 saturated heterocycles. The number of fused-ring (bicyclic) bond motifs is 1. The van der Waals surface area contributed by atoms with Crippen LogP contribution in [0.1, 0.15) is 18.4 Å². The molecule has 1 amide bonds. The van der Waals surface area contributed by atoms with Crippen LogP contribution in [-0.2, 0) is 11.2 Å². The van der Waals surface area contributed by atoms with E-state index in [1.807, 2.05) is 13.8 Å². The third-order valence-electron chi connectivity index (χ3n) is 2.94. The molecule has 0 saturated carbocycles. The van der Waals surface area contributed by atoms with E-state index in [0.717, 1.165) is 0 Å². The second-order valence-corrected chi connectivity index (χ2v) is 4.61. The maximum atomic E-state index is 11.7. The minimum Gasteiger partial charge on any atom is -0.461 e. The summed E-state index contributed by atoms with van der Waals surface area (Å²) in [7, 11) is 0. The van der Waals surface area contributed by atoms with Crippen molar-refractivity contribution in [1.29, 1.82) is 0 Å². The molecular formula is C14H15N5O2. The Morgan fingerprint density at radius 1 is 1.43 bits per heavy atom. The molecule has 0 bridgehead atoms. The number of rotatable bonds is 4. The monoisotopic (exact) mass is 285 g/mol. The van der Waals surface area contributed by atoms with Gasteiger partial charge < -0.3 is 9.73 Å². The van der Waals surface area contributed by atoms with Gasteiger partial charge in [0, 0.05) is 12.6 Å². The van der Waals surface area contributed by atoms with Crippen LogP contribution in [-0.4, -0.2) is 32.0 Å². The molecule has 7 nitrogen and oxygen atoms in total. The number of likely N-dealkylation sites (N-methyl/N-ethyl adjacent to an activating group) is 1. The van der Waals surface area contributed by atoms with Crippen molar-refractivity contribution in [2.24, 2.45) is 0 Å². The molecule has 0 atom stereocenters. The molecule has 3 aromatic rings. The number of aryl methyl sites for hydroxylation is 1. The first kappa shape index (κ1) is 13.3. The molecule has 0 radical (unpaired) electrons. The highest BCUT2D eigenvalue weighted by molar-refractivity contribution is 5.78. The molecule has 0 unspecified atom stereocenters. The van der Waals surface area contributed by atoms with E-state index in [-0.39, 0.29) is 12.3 Å². The van der Waals surface area contributed by atoms with E-state index in [9.17, 15) is 4.79 Å². The Morgan fingerprint density at radius 3 is 3.00 bits per heavy atom. The van der Waals surface area contributed by atoms with Crippen molar-refractivity contribution in [3.8, 4) is 11.6 Å². The second kappa shape index (κ2) is 5.35. The van der Waals surface area contributed by atoms with Gasteiger partial charge in [-0.15, -0.1) is 5.10 Å². The number of hydrogen-bond acceptors (Lipinski definition) is 5. The van der Waals surface area contributed by atoms with Crippen LogP contribution in [0.4, 0.5) is 0 Å². The molecule has 3 rings (SSSR count). The number of nitrogens with zero attached hydrogens (tertiary/aromatic N) is 4. The molecule has 3 heterocycles. The largest absolute Gasteiger partial charge is 0.461 e. The molecule has 0 aliphatic carbocycles. The number of amides is 1. The lowest BCUT2D eigenvalue weighted by Crippen LogP contribution is -2.25. The van der Waals surface area contributed by atoms with Gasteiger partial charge in [-0.1, -0.05) is 0 Å². The molecule has 0 aromatic carbocycles. The summed E-state index contributed by atoms with van der Waals surface area (Å²) in [5, 5.41) is 7.06. The Hall–Kier alpha value is -2.70. The predicted molar refractivity (Wildman–Crippen MR) is 75.6 cm³/mol. The van der Waals surface area contributed by atoms with Gasteiger partial charge in [-0.2, -0.15) is 4.52 Å². The molecular weight excluding hydrogens is 270 g/mol. The number of hydrogen-bond donors (Lipinski definition) is 1. The number of carbonyl (C=O) groups excluding carboxylic acids is 1. The molecule has 0 spiro atoms. The van der Waals surface area contributed by atoms with Crippen molar-refractivity contribution in [2.45, 2.75) is 20.3 Å². The van der Waals surface area contributed by atoms with Crippen LogP contribution < -0.4 is 5.32 Å². The van der Waals surface area contributed by atoms with Crippen molar-refractivity contribution in [3.63, 3.8) is 0 Å². The number of nitrogens with one attached hydrogen (secondary N) is 1. The highest BCUT2D eigenvalue weighted by Crippen LogP contribution is 2.19. The molecule has 0 fully saturated rings. The summed E-state index contributed by atoms with van der Waals surface area (Å²) in [5.41, 5.74) is 1.28. The van der Waals surface area contributed by atoms with Crippen molar-refractivity contribution < 1.29 is 9.21 Å². The maximum Gasteiger partial charge on any atom is 0.226 e. The summed E-state index contributed by atoms with van der Waals surface area (Å²) >= 11 is 0. The number of carbonyl (C=O) groups is 1. The average Bonchev–Trinajstić information content (AvgIpc) is 3.06. The van der Waals surface area contributed by atoms with Crippen molar-refractivity contribution in [2.75, 3.05) is 6.54 Å². The van der Waals surface area contributed by atoms with Crippen LogP contribution in [0.2, 0.25) is 0 Å². The first-order valence-corrected chi connectivity index (χ1v) is 6.71. The molecule has 0 aliphatic heterocycles. The smallest absolute Gasteiger partial charge is 0.226 e. The second-order valence-electron chi connectivity index (χ2n) is 4.61. The highest BCUT2D eigenvalue weighted by atomic mass is 16.3. The fraction of sp³-hybridized carbons (Fsp3) is 0.286. The van der Waals surface area contributed by atoms with Crippen molar-refractivity contribution in [1.82, 2.24) is 24.9 Å². The number of furan rings is 1. The van der Waals surface area contributed by atoms with Crippen LogP contribution in [0, 0.1) is 6.92 Å². The summed E-state index contributed by atoms with van der Waals surface area (Å²) < 4.78 is 7.01. The summed E-state index contributed by atoms with van der Waals surface area (Å²) in [5.74, 6) is 1.69. The first-order chi connectivity index (χ1) is 10.2. The molecule has 21 heavy (non-hydrogen) atoms. The van der Waals surface area contributed by atoms with E-state index in [1.54, 1.807) is 29.0 Å². The van der Waals surface area contributed by atoms with E-state index >= 15 is 0 Å². The minimum atomic E-state index is -0.0732. The predicted octanol–water partition coefficient (Wildman–Crippen LogP) is 1.37. The summed E-state index contributed by atoms with van der Waals surface area (Å²) in [6.45, 7) is 4.28. The van der Waals surface area contributed by atoms with Crippen LogP contribution in [0.25, 0.3) is 17.2 Å². The summed E-state index contributed by atoms with van der Waals surface area (Å²) in [4.78, 5) is 20.6. The van der Waals surface area contributed by atoms with Gasteiger partial charge in [-0.05, 0) is 26.0 Å². The molecule has 3 aromatic heterocycles. The van der Waals surface area contributed by atoms with Gasteiger partial charge in [0.25, 0.3) is 0 Å². The maximum absolute atomic E-state index is 11.7. The Labute approximate surface area is 121 Å². The van der Waals surface area contributed by atoms with Crippen LogP contribution in [0.3, 0.4) is 0 Å². The fourth-order valence-electron chi connectivity index (χ4n) is 2.13. The quantitative estimate of drug-likeness (QED) is 0.782. The van der Waals surface area contributed by atoms with Gasteiger partial charge in [0.2, 0.25) is 5.91 Å². The Morgan fingerprint density at radius 2 is 2.29 bits per heavy atom. The summed E-state index contributed by atoms with van der Waals surface area (Å²) in [6, 6.07) is 5.35. The lowest BCUT2D eigenvalue weighted by atomic mass is 10.2. The van der Waals surface area contributed by atoms with E-state index in [2.05, 4.69) is 20.4 Å². The third kappa shape index (κ3) is 2.62. The molecule has 7 heteroatoms. The van der Waals surface area contributed by atoms with Crippen molar-refractivity contribution >= 4 is 11.6 Å². The summed E-state index contributed by atoms with van der Waals surface area (Å²) in [6.07, 6.45) is 1.77. The van der Waals surface area contributed by atoms with Gasteiger partial charge in [-0.3, -0.25) is 4.79 Å². The molecule has 1 N–H and O–H groups in total. The zero-order chi connectivity index (χ0) is 14.8. The van der Waals surface area contributed by atoms with Gasteiger partial charge in [0.05, 0.1) is 18.4 Å². The fourth-order valence-corrected chi connectivity index (χ4v) is 2.13. The number of aromatic nitrogens is 4. The van der Waals surface area contributed by atoms with Crippen LogP contribution in [0.15, 0.2) is 28.9 Å². The average molecular weight is 285 g/mol. The van der Waals surface area contributed by atoms with Crippen LogP contribution in [0.5, 0.6) is 0 Å². The SMILES string of the molecule is CCNC(=O)Cc1cc2nc(C)nn2c(-c2ccco2)n1. The van der Waals surface area contributed by atoms with Gasteiger partial charge >= 0.3 is 0 Å². The molecule has 108 valence electrons. The van der Waals surface area contributed by atoms with Gasteiger partial charge in [0.15, 0.2) is 17.2 Å². The van der Waals surface area contributed by atoms with Gasteiger partial charge in [-0.25, -0.2) is 9.97 Å². The van der Waals surface area contributed by atoms with Crippen molar-refractivity contribution in [3.05, 3.63) is 36.0 Å². The normalized spacial score (nSPS) is 11.0. The molecule has 0 aliphatic rings. The first-order valence-electron chi connectivity index (χ1n) is 6.71. The standard InChI is InChI=1S/C14H15N5O2/c1-3-15-13(20)8-10-7-12-16-9(2)18-19(12)14(17-10)11-5-4-6-21-11/h4-7H,3,8H2,1-2H3,(H,15,20).